The Morgan fingerprint density at radius 2 is 2.00 bits per heavy atom. The Bertz CT molecular complexity index is 284. The van der Waals surface area contributed by atoms with E-state index in [1.165, 1.54) is 24.3 Å². The van der Waals surface area contributed by atoms with Crippen molar-refractivity contribution in [1.82, 2.24) is 10.9 Å². The molecule has 0 aliphatic carbocycles. The zero-order valence-electron chi connectivity index (χ0n) is 7.30. The van der Waals surface area contributed by atoms with E-state index in [2.05, 4.69) is 10.9 Å². The number of halogens is 1. The highest BCUT2D eigenvalue weighted by Crippen LogP contribution is 2.01. The monoisotopic (exact) mass is 182 g/mol. The molecule has 4 heteroatoms. The Hall–Kier alpha value is -1.42. The third-order valence-corrected chi connectivity index (χ3v) is 1.49. The van der Waals surface area contributed by atoms with Crippen LogP contribution in [0.5, 0.6) is 0 Å². The zero-order chi connectivity index (χ0) is 9.68. The lowest BCUT2D eigenvalue weighted by atomic mass is 10.2. The standard InChI is InChI=1S/C9H11FN2O/c1-2-11-12-9(13)7-3-5-8(10)6-4-7/h3-6,11H,2H2,1H3,(H,12,13). The number of carbonyl (C=O) groups is 1. The first kappa shape index (κ1) is 9.67. The molecule has 0 heterocycles. The first-order valence-corrected chi connectivity index (χ1v) is 4.03. The van der Waals surface area contributed by atoms with Gasteiger partial charge in [-0.05, 0) is 24.3 Å². The summed E-state index contributed by atoms with van der Waals surface area (Å²) < 4.78 is 12.5. The molecule has 13 heavy (non-hydrogen) atoms. The Morgan fingerprint density at radius 3 is 2.54 bits per heavy atom. The molecule has 1 rings (SSSR count). The van der Waals surface area contributed by atoms with E-state index < -0.39 is 0 Å². The molecule has 0 radical (unpaired) electrons. The molecule has 3 nitrogen and oxygen atoms in total. The minimum atomic E-state index is -0.347. The van der Waals surface area contributed by atoms with Crippen LogP contribution in [0.1, 0.15) is 17.3 Å². The minimum absolute atomic E-state index is 0.262. The second-order valence-corrected chi connectivity index (χ2v) is 2.49. The highest BCUT2D eigenvalue weighted by Gasteiger charge is 2.02. The van der Waals surface area contributed by atoms with Gasteiger partial charge >= 0.3 is 0 Å². The summed E-state index contributed by atoms with van der Waals surface area (Å²) in [5.74, 6) is -0.609. The van der Waals surface area contributed by atoms with E-state index in [0.717, 1.165) is 0 Å². The van der Waals surface area contributed by atoms with Crippen molar-refractivity contribution >= 4 is 5.91 Å². The predicted octanol–water partition coefficient (Wildman–Crippen LogP) is 1.08. The van der Waals surface area contributed by atoms with Gasteiger partial charge in [0.15, 0.2) is 0 Å². The first-order chi connectivity index (χ1) is 6.24. The smallest absolute Gasteiger partial charge is 0.265 e. The van der Waals surface area contributed by atoms with E-state index in [-0.39, 0.29) is 11.7 Å². The van der Waals surface area contributed by atoms with E-state index in [9.17, 15) is 9.18 Å². The van der Waals surface area contributed by atoms with Gasteiger partial charge in [-0.15, -0.1) is 0 Å². The molecule has 0 aliphatic heterocycles. The average Bonchev–Trinajstić information content (AvgIpc) is 2.15. The number of hydrogen-bond donors (Lipinski definition) is 2. The number of nitrogens with one attached hydrogen (secondary N) is 2. The highest BCUT2D eigenvalue weighted by atomic mass is 19.1. The maximum Gasteiger partial charge on any atom is 0.265 e. The third-order valence-electron chi connectivity index (χ3n) is 1.49. The third kappa shape index (κ3) is 2.83. The van der Waals surface area contributed by atoms with Crippen molar-refractivity contribution in [3.8, 4) is 0 Å². The number of carbonyl (C=O) groups excluding carboxylic acids is 1. The number of benzene rings is 1. The van der Waals surface area contributed by atoms with E-state index >= 15 is 0 Å². The summed E-state index contributed by atoms with van der Waals surface area (Å²) in [7, 11) is 0. The molecule has 0 bridgehead atoms. The molecular formula is C9H11FN2O. The predicted molar refractivity (Wildman–Crippen MR) is 47.5 cm³/mol. The summed E-state index contributed by atoms with van der Waals surface area (Å²) in [6.45, 7) is 2.51. The van der Waals surface area contributed by atoms with Gasteiger partial charge in [0.25, 0.3) is 5.91 Å². The number of hydrazine groups is 1. The fourth-order valence-electron chi connectivity index (χ4n) is 0.842. The molecule has 0 fully saturated rings. The summed E-state index contributed by atoms with van der Waals surface area (Å²) in [6.07, 6.45) is 0. The quantitative estimate of drug-likeness (QED) is 0.687. The van der Waals surface area contributed by atoms with Gasteiger partial charge in [-0.3, -0.25) is 10.2 Å². The van der Waals surface area contributed by atoms with Crippen LogP contribution in [0.15, 0.2) is 24.3 Å². The maximum atomic E-state index is 12.5. The van der Waals surface area contributed by atoms with Crippen LogP contribution in [-0.4, -0.2) is 12.5 Å². The lowest BCUT2D eigenvalue weighted by Crippen LogP contribution is -2.36. The van der Waals surface area contributed by atoms with Crippen LogP contribution in [0.25, 0.3) is 0 Å². The van der Waals surface area contributed by atoms with E-state index in [0.29, 0.717) is 12.1 Å². The lowest BCUT2D eigenvalue weighted by Gasteiger charge is -2.03. The van der Waals surface area contributed by atoms with Crippen molar-refractivity contribution in [3.05, 3.63) is 35.6 Å². The van der Waals surface area contributed by atoms with Crippen molar-refractivity contribution in [1.29, 1.82) is 0 Å². The second-order valence-electron chi connectivity index (χ2n) is 2.49. The van der Waals surface area contributed by atoms with Crippen LogP contribution in [0.2, 0.25) is 0 Å². The molecule has 0 saturated heterocycles. The fraction of sp³-hybridized carbons (Fsp3) is 0.222. The summed E-state index contributed by atoms with van der Waals surface area (Å²) >= 11 is 0. The van der Waals surface area contributed by atoms with Gasteiger partial charge in [0.1, 0.15) is 5.82 Å². The van der Waals surface area contributed by atoms with Crippen LogP contribution < -0.4 is 10.9 Å². The van der Waals surface area contributed by atoms with Gasteiger partial charge < -0.3 is 0 Å². The van der Waals surface area contributed by atoms with Gasteiger partial charge in [-0.1, -0.05) is 6.92 Å². The summed E-state index contributed by atoms with van der Waals surface area (Å²) in [4.78, 5) is 11.2. The SMILES string of the molecule is CCNNC(=O)c1ccc(F)cc1. The van der Waals surface area contributed by atoms with Crippen LogP contribution in [0, 0.1) is 5.82 Å². The number of amides is 1. The Balaban J connectivity index is 2.61. The van der Waals surface area contributed by atoms with Crippen LogP contribution in [0.4, 0.5) is 4.39 Å². The molecule has 0 unspecified atom stereocenters. The first-order valence-electron chi connectivity index (χ1n) is 4.03. The molecule has 0 spiro atoms. The Labute approximate surface area is 75.9 Å². The second kappa shape index (κ2) is 4.57. The normalized spacial score (nSPS) is 9.69. The summed E-state index contributed by atoms with van der Waals surface area (Å²) in [5.41, 5.74) is 5.56. The molecule has 1 aromatic rings. The molecule has 0 aromatic heterocycles. The largest absolute Gasteiger partial charge is 0.287 e. The van der Waals surface area contributed by atoms with Crippen molar-refractivity contribution < 1.29 is 9.18 Å². The van der Waals surface area contributed by atoms with Gasteiger partial charge in [0, 0.05) is 12.1 Å². The Morgan fingerprint density at radius 1 is 1.38 bits per heavy atom. The highest BCUT2D eigenvalue weighted by molar-refractivity contribution is 5.93. The van der Waals surface area contributed by atoms with Gasteiger partial charge in [0.2, 0.25) is 0 Å². The summed E-state index contributed by atoms with van der Waals surface area (Å²) in [6, 6.07) is 5.37. The minimum Gasteiger partial charge on any atom is -0.287 e. The molecule has 2 N–H and O–H groups in total. The number of rotatable bonds is 3. The van der Waals surface area contributed by atoms with Crippen LogP contribution in [-0.2, 0) is 0 Å². The molecule has 1 aromatic carbocycles. The van der Waals surface area contributed by atoms with E-state index in [4.69, 9.17) is 0 Å². The molecule has 70 valence electrons. The van der Waals surface area contributed by atoms with Crippen LogP contribution in [0.3, 0.4) is 0 Å². The van der Waals surface area contributed by atoms with Gasteiger partial charge in [-0.25, -0.2) is 9.82 Å². The van der Waals surface area contributed by atoms with Crippen molar-refractivity contribution in [2.24, 2.45) is 0 Å². The van der Waals surface area contributed by atoms with Gasteiger partial charge in [0.05, 0.1) is 0 Å². The molecule has 0 aliphatic rings. The van der Waals surface area contributed by atoms with Crippen molar-refractivity contribution in [2.75, 3.05) is 6.54 Å². The molecule has 0 saturated carbocycles. The fourth-order valence-corrected chi connectivity index (χ4v) is 0.842. The maximum absolute atomic E-state index is 12.5. The zero-order valence-corrected chi connectivity index (χ0v) is 7.30. The summed E-state index contributed by atoms with van der Waals surface area (Å²) in [5, 5.41) is 0. The molecule has 1 amide bonds. The lowest BCUT2D eigenvalue weighted by molar-refractivity contribution is 0.0934. The van der Waals surface area contributed by atoms with Crippen molar-refractivity contribution in [2.45, 2.75) is 6.92 Å². The van der Waals surface area contributed by atoms with Crippen molar-refractivity contribution in [3.63, 3.8) is 0 Å². The van der Waals surface area contributed by atoms with Crippen LogP contribution >= 0.6 is 0 Å². The molecular weight excluding hydrogens is 171 g/mol. The molecule has 0 atom stereocenters. The average molecular weight is 182 g/mol. The number of hydrogen-bond acceptors (Lipinski definition) is 2. The topological polar surface area (TPSA) is 41.1 Å². The van der Waals surface area contributed by atoms with E-state index in [1.807, 2.05) is 6.92 Å². The Kier molecular flexibility index (Phi) is 3.40. The van der Waals surface area contributed by atoms with E-state index in [1.54, 1.807) is 0 Å². The van der Waals surface area contributed by atoms with Gasteiger partial charge in [-0.2, -0.15) is 0 Å².